The third-order valence-electron chi connectivity index (χ3n) is 1.84. The Balaban J connectivity index is 2.45. The van der Waals surface area contributed by atoms with Crippen molar-refractivity contribution >= 4 is 5.97 Å². The van der Waals surface area contributed by atoms with E-state index >= 15 is 0 Å². The Morgan fingerprint density at radius 2 is 2.20 bits per heavy atom. The van der Waals surface area contributed by atoms with Gasteiger partial charge in [0.15, 0.2) is 0 Å². The van der Waals surface area contributed by atoms with Crippen molar-refractivity contribution in [3.63, 3.8) is 0 Å². The summed E-state index contributed by atoms with van der Waals surface area (Å²) in [5, 5.41) is 18.3. The first-order valence-corrected chi connectivity index (χ1v) is 3.20. The van der Waals surface area contributed by atoms with Crippen molar-refractivity contribution in [3.8, 4) is 0 Å². The highest BCUT2D eigenvalue weighted by atomic mass is 16.5. The number of hydrogen-bond donors (Lipinski definition) is 2. The van der Waals surface area contributed by atoms with Crippen LogP contribution in [0.5, 0.6) is 0 Å². The predicted molar refractivity (Wildman–Crippen MR) is 33.7 cm³/mol. The molecule has 0 radical (unpaired) electrons. The molecule has 0 amide bonds. The molecule has 4 nitrogen and oxygen atoms in total. The summed E-state index contributed by atoms with van der Waals surface area (Å²) in [5.41, 5.74) is -0.635. The molecule has 1 fully saturated rings. The Morgan fingerprint density at radius 1 is 1.70 bits per heavy atom. The molecule has 2 N–H and O–H groups in total. The maximum absolute atomic E-state index is 10.5. The SMILES string of the molecule is CN(O)CC1(C(=O)O)CC1. The minimum absolute atomic E-state index is 0.238. The van der Waals surface area contributed by atoms with Crippen molar-refractivity contribution in [2.75, 3.05) is 13.6 Å². The van der Waals surface area contributed by atoms with Gasteiger partial charge in [-0.2, -0.15) is 5.06 Å². The maximum atomic E-state index is 10.5. The lowest BCUT2D eigenvalue weighted by Gasteiger charge is -2.13. The smallest absolute Gasteiger partial charge is 0.311 e. The molecule has 0 unspecified atom stereocenters. The highest BCUT2D eigenvalue weighted by Gasteiger charge is 2.50. The van der Waals surface area contributed by atoms with Gasteiger partial charge in [0.25, 0.3) is 0 Å². The average molecular weight is 145 g/mol. The number of rotatable bonds is 3. The summed E-state index contributed by atoms with van der Waals surface area (Å²) in [4.78, 5) is 10.5. The average Bonchev–Trinajstić information content (AvgIpc) is 2.46. The third-order valence-corrected chi connectivity index (χ3v) is 1.84. The lowest BCUT2D eigenvalue weighted by atomic mass is 10.1. The van der Waals surface area contributed by atoms with E-state index in [4.69, 9.17) is 10.3 Å². The van der Waals surface area contributed by atoms with Crippen molar-refractivity contribution in [2.24, 2.45) is 5.41 Å². The van der Waals surface area contributed by atoms with Crippen LogP contribution in [0.15, 0.2) is 0 Å². The number of hydrogen-bond acceptors (Lipinski definition) is 3. The Labute approximate surface area is 59.0 Å². The van der Waals surface area contributed by atoms with Crippen molar-refractivity contribution in [3.05, 3.63) is 0 Å². The minimum Gasteiger partial charge on any atom is -0.481 e. The van der Waals surface area contributed by atoms with E-state index in [-0.39, 0.29) is 6.54 Å². The molecule has 0 aliphatic heterocycles. The third kappa shape index (κ3) is 1.27. The second-order valence-corrected chi connectivity index (χ2v) is 2.90. The molecule has 0 bridgehead atoms. The highest BCUT2D eigenvalue weighted by Crippen LogP contribution is 2.45. The Morgan fingerprint density at radius 3 is 2.30 bits per heavy atom. The quantitative estimate of drug-likeness (QED) is 0.556. The van der Waals surface area contributed by atoms with Crippen LogP contribution in [0.2, 0.25) is 0 Å². The van der Waals surface area contributed by atoms with Gasteiger partial charge in [-0.05, 0) is 12.8 Å². The summed E-state index contributed by atoms with van der Waals surface area (Å²) >= 11 is 0. The van der Waals surface area contributed by atoms with Gasteiger partial charge < -0.3 is 10.3 Å². The van der Waals surface area contributed by atoms with Crippen LogP contribution >= 0.6 is 0 Å². The molecular formula is C6H11NO3. The van der Waals surface area contributed by atoms with Crippen LogP contribution in [-0.4, -0.2) is 34.9 Å². The standard InChI is InChI=1S/C6H11NO3/c1-7(10)4-6(2-3-6)5(8)9/h10H,2-4H2,1H3,(H,8,9). The molecule has 10 heavy (non-hydrogen) atoms. The van der Waals surface area contributed by atoms with E-state index in [2.05, 4.69) is 0 Å². The van der Waals surface area contributed by atoms with Gasteiger partial charge in [-0.15, -0.1) is 0 Å². The first kappa shape index (κ1) is 7.50. The van der Waals surface area contributed by atoms with Gasteiger partial charge in [-0.3, -0.25) is 4.79 Å². The number of nitrogens with zero attached hydrogens (tertiary/aromatic N) is 1. The summed E-state index contributed by atoms with van der Waals surface area (Å²) in [6, 6.07) is 0. The minimum atomic E-state index is -0.798. The van der Waals surface area contributed by atoms with Crippen LogP contribution in [0.4, 0.5) is 0 Å². The van der Waals surface area contributed by atoms with Gasteiger partial charge in [-0.1, -0.05) is 0 Å². The fraction of sp³-hybridized carbons (Fsp3) is 0.833. The lowest BCUT2D eigenvalue weighted by Crippen LogP contribution is -2.29. The van der Waals surface area contributed by atoms with Crippen LogP contribution in [0.25, 0.3) is 0 Å². The van der Waals surface area contributed by atoms with Crippen LogP contribution in [0.1, 0.15) is 12.8 Å². The largest absolute Gasteiger partial charge is 0.481 e. The molecule has 1 aliphatic rings. The van der Waals surface area contributed by atoms with Crippen LogP contribution in [0.3, 0.4) is 0 Å². The molecule has 0 aromatic heterocycles. The first-order chi connectivity index (χ1) is 4.57. The molecule has 1 rings (SSSR count). The highest BCUT2D eigenvalue weighted by molar-refractivity contribution is 5.78. The van der Waals surface area contributed by atoms with Crippen LogP contribution < -0.4 is 0 Å². The van der Waals surface area contributed by atoms with E-state index in [1.54, 1.807) is 0 Å². The van der Waals surface area contributed by atoms with Gasteiger partial charge in [0, 0.05) is 13.6 Å². The zero-order chi connectivity index (χ0) is 7.78. The Bertz CT molecular complexity index is 151. The van der Waals surface area contributed by atoms with E-state index < -0.39 is 11.4 Å². The number of carbonyl (C=O) groups is 1. The predicted octanol–water partition coefficient (Wildman–Crippen LogP) is 0.172. The van der Waals surface area contributed by atoms with Crippen molar-refractivity contribution in [1.82, 2.24) is 5.06 Å². The van der Waals surface area contributed by atoms with E-state index in [1.165, 1.54) is 7.05 Å². The molecule has 1 aliphatic carbocycles. The summed E-state index contributed by atoms with van der Waals surface area (Å²) in [5.74, 6) is -0.798. The van der Waals surface area contributed by atoms with Gasteiger partial charge >= 0.3 is 5.97 Å². The lowest BCUT2D eigenvalue weighted by molar-refractivity contribution is -0.150. The summed E-state index contributed by atoms with van der Waals surface area (Å²) in [7, 11) is 1.46. The summed E-state index contributed by atoms with van der Waals surface area (Å²) < 4.78 is 0. The zero-order valence-corrected chi connectivity index (χ0v) is 5.87. The van der Waals surface area contributed by atoms with E-state index in [0.29, 0.717) is 12.8 Å². The van der Waals surface area contributed by atoms with Gasteiger partial charge in [-0.25, -0.2) is 0 Å². The molecule has 0 aromatic carbocycles. The topological polar surface area (TPSA) is 60.8 Å². The maximum Gasteiger partial charge on any atom is 0.311 e. The first-order valence-electron chi connectivity index (χ1n) is 3.20. The normalized spacial score (nSPS) is 21.1. The number of aliphatic carboxylic acids is 1. The summed E-state index contributed by atoms with van der Waals surface area (Å²) in [6.07, 6.45) is 1.38. The molecule has 0 aromatic rings. The van der Waals surface area contributed by atoms with Crippen molar-refractivity contribution in [2.45, 2.75) is 12.8 Å². The number of hydroxylamine groups is 2. The van der Waals surface area contributed by atoms with Crippen LogP contribution in [0, 0.1) is 5.41 Å². The van der Waals surface area contributed by atoms with E-state index in [0.717, 1.165) is 5.06 Å². The molecule has 0 spiro atoms. The van der Waals surface area contributed by atoms with Gasteiger partial charge in [0.1, 0.15) is 0 Å². The Kier molecular flexibility index (Phi) is 1.66. The monoisotopic (exact) mass is 145 g/mol. The van der Waals surface area contributed by atoms with Crippen molar-refractivity contribution in [1.29, 1.82) is 0 Å². The van der Waals surface area contributed by atoms with E-state index in [9.17, 15) is 4.79 Å². The molecule has 0 heterocycles. The van der Waals surface area contributed by atoms with E-state index in [1.807, 2.05) is 0 Å². The second-order valence-electron chi connectivity index (χ2n) is 2.90. The molecule has 58 valence electrons. The zero-order valence-electron chi connectivity index (χ0n) is 5.87. The molecule has 1 saturated carbocycles. The van der Waals surface area contributed by atoms with Gasteiger partial charge in [0.2, 0.25) is 0 Å². The molecule has 0 atom stereocenters. The van der Waals surface area contributed by atoms with Crippen LogP contribution in [-0.2, 0) is 4.79 Å². The fourth-order valence-corrected chi connectivity index (χ4v) is 1.03. The molecular weight excluding hydrogens is 134 g/mol. The number of carboxylic acids is 1. The van der Waals surface area contributed by atoms with Gasteiger partial charge in [0.05, 0.1) is 5.41 Å². The van der Waals surface area contributed by atoms with Crippen molar-refractivity contribution < 1.29 is 15.1 Å². The summed E-state index contributed by atoms with van der Waals surface area (Å²) in [6.45, 7) is 0.238. The fourth-order valence-electron chi connectivity index (χ4n) is 1.03. The molecule has 4 heteroatoms. The molecule has 0 saturated heterocycles. The number of carboxylic acid groups (broad SMARTS) is 1. The second kappa shape index (κ2) is 2.21. The Hall–Kier alpha value is -0.610.